The molecule has 29 heavy (non-hydrogen) atoms. The molecule has 0 aliphatic rings. The molecule has 0 N–H and O–H groups in total. The largest absolute Gasteiger partial charge is 0.493 e. The van der Waals surface area contributed by atoms with E-state index in [1.54, 1.807) is 34.9 Å². The second kappa shape index (κ2) is 6.07. The highest BCUT2D eigenvalue weighted by Crippen LogP contribution is 2.39. The molecule has 0 atom stereocenters. The van der Waals surface area contributed by atoms with E-state index in [0.29, 0.717) is 44.6 Å². The lowest BCUT2D eigenvalue weighted by Crippen LogP contribution is -2.14. The van der Waals surface area contributed by atoms with Gasteiger partial charge < -0.3 is 14.2 Å². The van der Waals surface area contributed by atoms with Crippen LogP contribution in [-0.4, -0.2) is 29.6 Å². The van der Waals surface area contributed by atoms with Crippen LogP contribution in [0.25, 0.3) is 38.1 Å². The number of ether oxygens (including phenoxy) is 3. The quantitative estimate of drug-likeness (QED) is 0.267. The minimum atomic E-state index is -0.403. The summed E-state index contributed by atoms with van der Waals surface area (Å²) in [6.07, 6.45) is 1.70. The van der Waals surface area contributed by atoms with E-state index in [4.69, 9.17) is 14.2 Å². The number of hydrogen-bond donors (Lipinski definition) is 0. The van der Waals surface area contributed by atoms with Crippen molar-refractivity contribution in [2.45, 2.75) is 6.92 Å². The summed E-state index contributed by atoms with van der Waals surface area (Å²) >= 11 is 0. The van der Waals surface area contributed by atoms with Gasteiger partial charge in [0.25, 0.3) is 5.56 Å². The fraction of sp³-hybridized carbons (Fsp3) is 0.136. The Morgan fingerprint density at radius 3 is 2.55 bits per heavy atom. The van der Waals surface area contributed by atoms with Gasteiger partial charge in [-0.2, -0.15) is 0 Å². The normalized spacial score (nSPS) is 11.6. The zero-order valence-corrected chi connectivity index (χ0v) is 16.0. The third-order valence-corrected chi connectivity index (χ3v) is 5.13. The van der Waals surface area contributed by atoms with Gasteiger partial charge in [-0.1, -0.05) is 0 Å². The molecule has 0 amide bonds. The Bertz CT molecular complexity index is 1500. The summed E-state index contributed by atoms with van der Waals surface area (Å²) in [6.45, 7) is 1.35. The molecule has 7 nitrogen and oxygen atoms in total. The molecule has 0 bridgehead atoms. The molecular weight excluding hydrogens is 372 g/mol. The third kappa shape index (κ3) is 2.27. The van der Waals surface area contributed by atoms with Crippen LogP contribution in [0, 0.1) is 0 Å². The highest BCUT2D eigenvalue weighted by Gasteiger charge is 2.22. The van der Waals surface area contributed by atoms with E-state index in [2.05, 4.69) is 4.98 Å². The minimum Gasteiger partial charge on any atom is -0.493 e. The molecule has 7 heteroatoms. The van der Waals surface area contributed by atoms with E-state index in [1.807, 2.05) is 12.1 Å². The molecule has 0 radical (unpaired) electrons. The van der Waals surface area contributed by atoms with E-state index >= 15 is 0 Å². The van der Waals surface area contributed by atoms with Crippen molar-refractivity contribution in [3.63, 3.8) is 0 Å². The highest BCUT2D eigenvalue weighted by molar-refractivity contribution is 6.19. The number of rotatable bonds is 3. The fourth-order valence-corrected chi connectivity index (χ4v) is 4.03. The summed E-state index contributed by atoms with van der Waals surface area (Å²) in [5, 5.41) is 2.75. The Hall–Kier alpha value is -3.87. The topological polar surface area (TPSA) is 79.1 Å². The Labute approximate surface area is 164 Å². The van der Waals surface area contributed by atoms with Gasteiger partial charge in [0.05, 0.1) is 36.2 Å². The lowest BCUT2D eigenvalue weighted by molar-refractivity contribution is -0.131. The van der Waals surface area contributed by atoms with Crippen LogP contribution in [0.4, 0.5) is 0 Å². The molecule has 144 valence electrons. The van der Waals surface area contributed by atoms with Crippen LogP contribution in [-0.2, 0) is 4.79 Å². The second-order valence-electron chi connectivity index (χ2n) is 6.69. The number of nitrogens with zero attached hydrogens (tertiary/aromatic N) is 2. The second-order valence-corrected chi connectivity index (χ2v) is 6.69. The highest BCUT2D eigenvalue weighted by atomic mass is 16.5. The van der Waals surface area contributed by atoms with Gasteiger partial charge in [-0.25, -0.2) is 0 Å². The Morgan fingerprint density at radius 2 is 1.83 bits per heavy atom. The average Bonchev–Trinajstić information content (AvgIpc) is 3.05. The van der Waals surface area contributed by atoms with Gasteiger partial charge in [-0.3, -0.25) is 19.0 Å². The number of carbonyl (C=O) groups excluding carboxylic acids is 1. The van der Waals surface area contributed by atoms with Crippen LogP contribution in [0.1, 0.15) is 6.92 Å². The van der Waals surface area contributed by atoms with E-state index in [9.17, 15) is 9.59 Å². The molecule has 2 aromatic carbocycles. The maximum absolute atomic E-state index is 13.6. The molecule has 0 spiro atoms. The molecule has 0 saturated heterocycles. The zero-order valence-electron chi connectivity index (χ0n) is 16.0. The van der Waals surface area contributed by atoms with Crippen molar-refractivity contribution in [2.24, 2.45) is 0 Å². The van der Waals surface area contributed by atoms with E-state index in [1.165, 1.54) is 21.1 Å². The van der Waals surface area contributed by atoms with Crippen molar-refractivity contribution in [3.8, 4) is 17.2 Å². The Kier molecular flexibility index (Phi) is 3.61. The molecule has 0 unspecified atom stereocenters. The summed E-state index contributed by atoms with van der Waals surface area (Å²) < 4.78 is 17.8. The molecule has 3 heterocycles. The van der Waals surface area contributed by atoms with Crippen LogP contribution in [0.15, 0.2) is 47.4 Å². The summed E-state index contributed by atoms with van der Waals surface area (Å²) in [5.74, 6) is 0.868. The van der Waals surface area contributed by atoms with Crippen molar-refractivity contribution in [2.75, 3.05) is 14.2 Å². The molecule has 0 saturated carbocycles. The molecular formula is C22H16N2O5. The van der Waals surface area contributed by atoms with Crippen molar-refractivity contribution in [1.29, 1.82) is 0 Å². The number of hydrogen-bond acceptors (Lipinski definition) is 6. The van der Waals surface area contributed by atoms with Gasteiger partial charge >= 0.3 is 5.97 Å². The summed E-state index contributed by atoms with van der Waals surface area (Å²) in [6, 6.07) is 10.6. The van der Waals surface area contributed by atoms with Gasteiger partial charge in [0.1, 0.15) is 5.75 Å². The predicted molar refractivity (Wildman–Crippen MR) is 110 cm³/mol. The van der Waals surface area contributed by atoms with Gasteiger partial charge in [-0.05, 0) is 36.4 Å². The molecule has 0 aliphatic heterocycles. The van der Waals surface area contributed by atoms with Crippen molar-refractivity contribution in [3.05, 3.63) is 52.9 Å². The number of methoxy groups -OCH3 is 2. The van der Waals surface area contributed by atoms with Gasteiger partial charge in [0.15, 0.2) is 11.5 Å². The maximum atomic E-state index is 13.6. The summed E-state index contributed by atoms with van der Waals surface area (Å²) in [4.78, 5) is 29.5. The van der Waals surface area contributed by atoms with Crippen molar-refractivity contribution >= 4 is 44.1 Å². The molecule has 0 aliphatic carbocycles. The lowest BCUT2D eigenvalue weighted by atomic mass is 10.1. The first-order chi connectivity index (χ1) is 14.0. The fourth-order valence-electron chi connectivity index (χ4n) is 4.03. The number of esters is 1. The molecule has 0 fully saturated rings. The first-order valence-corrected chi connectivity index (χ1v) is 8.96. The number of fused-ring (bicyclic) bond motifs is 5. The monoisotopic (exact) mass is 388 g/mol. The van der Waals surface area contributed by atoms with E-state index in [0.717, 1.165) is 10.8 Å². The third-order valence-electron chi connectivity index (χ3n) is 5.13. The van der Waals surface area contributed by atoms with Crippen molar-refractivity contribution < 1.29 is 19.0 Å². The van der Waals surface area contributed by atoms with Crippen LogP contribution in [0.2, 0.25) is 0 Å². The predicted octanol–water partition coefficient (Wildman–Crippen LogP) is 3.53. The Balaban J connectivity index is 2.04. The Morgan fingerprint density at radius 1 is 1.00 bits per heavy atom. The zero-order chi connectivity index (χ0) is 20.3. The number of aromatic nitrogens is 2. The molecule has 5 rings (SSSR count). The van der Waals surface area contributed by atoms with E-state index < -0.39 is 5.97 Å². The first kappa shape index (κ1) is 17.2. The summed E-state index contributed by atoms with van der Waals surface area (Å²) in [5.41, 5.74) is 1.87. The maximum Gasteiger partial charge on any atom is 0.308 e. The summed E-state index contributed by atoms with van der Waals surface area (Å²) in [7, 11) is 3.04. The van der Waals surface area contributed by atoms with Gasteiger partial charge in [0.2, 0.25) is 0 Å². The van der Waals surface area contributed by atoms with Crippen LogP contribution >= 0.6 is 0 Å². The average molecular weight is 388 g/mol. The first-order valence-electron chi connectivity index (χ1n) is 8.96. The van der Waals surface area contributed by atoms with E-state index in [-0.39, 0.29) is 5.56 Å². The standard InChI is InChI=1S/C22H16N2O5/c1-11(25)29-12-4-6-16-15(10-12)13-8-9-23-19-14-5-7-17(27-2)21(28-3)18(14)22(26)24(16)20(13)19/h4-10H,1-3H3. The molecule has 5 aromatic rings. The minimum absolute atomic E-state index is 0.225. The molecule has 3 aromatic heterocycles. The van der Waals surface area contributed by atoms with Crippen molar-refractivity contribution in [1.82, 2.24) is 9.38 Å². The lowest BCUT2D eigenvalue weighted by Gasteiger charge is -2.12. The SMILES string of the molecule is COc1ccc2c(c1OC)c(=O)n1c3ccc(OC(C)=O)cc3c3ccnc2c31. The van der Waals surface area contributed by atoms with Crippen LogP contribution in [0.3, 0.4) is 0 Å². The smallest absolute Gasteiger partial charge is 0.308 e. The van der Waals surface area contributed by atoms with Crippen LogP contribution < -0.4 is 19.8 Å². The number of pyridine rings is 2. The van der Waals surface area contributed by atoms with Gasteiger partial charge in [-0.15, -0.1) is 0 Å². The van der Waals surface area contributed by atoms with Crippen LogP contribution in [0.5, 0.6) is 17.2 Å². The number of benzene rings is 2. The number of carbonyl (C=O) groups is 1. The van der Waals surface area contributed by atoms with Gasteiger partial charge in [0, 0.05) is 29.3 Å².